The zero-order chi connectivity index (χ0) is 22.1. The second-order valence-corrected chi connectivity index (χ2v) is 7.82. The summed E-state index contributed by atoms with van der Waals surface area (Å²) in [5, 5.41) is 10.0. The summed E-state index contributed by atoms with van der Waals surface area (Å²) in [6.07, 6.45) is 1.77. The van der Waals surface area contributed by atoms with Gasteiger partial charge in [0.25, 0.3) is 5.91 Å². The van der Waals surface area contributed by atoms with Gasteiger partial charge in [0, 0.05) is 25.3 Å². The molecule has 1 aromatic carbocycles. The maximum absolute atomic E-state index is 13.5. The molecular weight excluding hydrogens is 388 g/mol. The Balaban J connectivity index is 2.04. The first-order valence-electron chi connectivity index (χ1n) is 10.7. The first-order valence-corrected chi connectivity index (χ1v) is 10.7. The highest BCUT2D eigenvalue weighted by Gasteiger charge is 2.24. The summed E-state index contributed by atoms with van der Waals surface area (Å²) >= 11 is 0. The molecule has 0 saturated carbocycles. The van der Waals surface area contributed by atoms with E-state index in [1.807, 2.05) is 77.5 Å². The zero-order valence-electron chi connectivity index (χ0n) is 18.7. The largest absolute Gasteiger partial charge is 0.339 e. The molecule has 7 nitrogen and oxygen atoms in total. The van der Waals surface area contributed by atoms with Crippen LogP contribution in [0.4, 0.5) is 0 Å². The summed E-state index contributed by atoms with van der Waals surface area (Å²) in [5.41, 5.74) is 4.58. The van der Waals surface area contributed by atoms with E-state index < -0.39 is 0 Å². The number of carbonyl (C=O) groups excluding carboxylic acids is 1. The highest BCUT2D eigenvalue weighted by atomic mass is 16.2. The van der Waals surface area contributed by atoms with Crippen LogP contribution in [0.25, 0.3) is 28.1 Å². The fourth-order valence-corrected chi connectivity index (χ4v) is 3.95. The average molecular weight is 417 g/mol. The topological polar surface area (TPSA) is 68.8 Å². The number of nitrogens with zero attached hydrogens (tertiary/aromatic N) is 6. The minimum Gasteiger partial charge on any atom is -0.339 e. The summed E-state index contributed by atoms with van der Waals surface area (Å²) in [6, 6.07) is 13.9. The Kier molecular flexibility index (Phi) is 5.59. The summed E-state index contributed by atoms with van der Waals surface area (Å²) < 4.78 is 3.75. The monoisotopic (exact) mass is 416 g/mol. The number of aryl methyl sites for hydroxylation is 1. The van der Waals surface area contributed by atoms with Gasteiger partial charge in [-0.3, -0.25) is 9.48 Å². The maximum Gasteiger partial charge on any atom is 0.254 e. The summed E-state index contributed by atoms with van der Waals surface area (Å²) in [6.45, 7) is 11.4. The molecule has 0 bridgehead atoms. The number of benzene rings is 1. The van der Waals surface area contributed by atoms with E-state index in [0.29, 0.717) is 30.0 Å². The van der Waals surface area contributed by atoms with Crippen molar-refractivity contribution in [3.63, 3.8) is 0 Å². The van der Waals surface area contributed by atoms with Gasteiger partial charge in [-0.25, -0.2) is 9.67 Å². The van der Waals surface area contributed by atoms with Crippen molar-refractivity contribution in [1.29, 1.82) is 0 Å². The highest BCUT2D eigenvalue weighted by Crippen LogP contribution is 2.30. The molecule has 0 saturated heterocycles. The molecule has 4 rings (SSSR count). The molecule has 0 fully saturated rings. The van der Waals surface area contributed by atoms with E-state index in [4.69, 9.17) is 10.1 Å². The first kappa shape index (κ1) is 20.8. The van der Waals surface area contributed by atoms with Crippen LogP contribution < -0.4 is 0 Å². The molecule has 3 heterocycles. The molecule has 0 radical (unpaired) electrons. The lowest BCUT2D eigenvalue weighted by Gasteiger charge is -2.20. The fraction of sp³-hybridized carbons (Fsp3) is 0.333. The van der Waals surface area contributed by atoms with Crippen molar-refractivity contribution in [2.45, 2.75) is 40.7 Å². The van der Waals surface area contributed by atoms with E-state index in [-0.39, 0.29) is 11.9 Å². The van der Waals surface area contributed by atoms with Gasteiger partial charge in [-0.1, -0.05) is 18.2 Å². The zero-order valence-corrected chi connectivity index (χ0v) is 18.7. The minimum atomic E-state index is -0.00928. The van der Waals surface area contributed by atoms with Crippen LogP contribution in [0.3, 0.4) is 0 Å². The third-order valence-corrected chi connectivity index (χ3v) is 5.52. The Bertz CT molecular complexity index is 1220. The van der Waals surface area contributed by atoms with Crippen LogP contribution in [0.5, 0.6) is 0 Å². The number of rotatable bonds is 6. The lowest BCUT2D eigenvalue weighted by molar-refractivity contribution is 0.0775. The van der Waals surface area contributed by atoms with Crippen molar-refractivity contribution >= 4 is 16.9 Å². The van der Waals surface area contributed by atoms with Gasteiger partial charge < -0.3 is 4.90 Å². The van der Waals surface area contributed by atoms with Gasteiger partial charge in [0.1, 0.15) is 0 Å². The number of hydrogen-bond donors (Lipinski definition) is 0. The fourth-order valence-electron chi connectivity index (χ4n) is 3.95. The van der Waals surface area contributed by atoms with Gasteiger partial charge >= 0.3 is 0 Å². The van der Waals surface area contributed by atoms with Crippen LogP contribution >= 0.6 is 0 Å². The van der Waals surface area contributed by atoms with E-state index in [1.54, 1.807) is 6.20 Å². The normalized spacial score (nSPS) is 11.4. The van der Waals surface area contributed by atoms with E-state index in [1.165, 1.54) is 0 Å². The summed E-state index contributed by atoms with van der Waals surface area (Å²) in [7, 11) is 0. The SMILES string of the molecule is CCN(CC)C(=O)c1cc(-c2ccnn2C(C)C)nc2c1c(C)nn2-c1ccccc1. The second-order valence-electron chi connectivity index (χ2n) is 7.82. The van der Waals surface area contributed by atoms with Crippen molar-refractivity contribution in [3.05, 3.63) is 59.9 Å². The van der Waals surface area contributed by atoms with Gasteiger partial charge in [-0.15, -0.1) is 0 Å². The van der Waals surface area contributed by atoms with Gasteiger partial charge in [-0.2, -0.15) is 10.2 Å². The van der Waals surface area contributed by atoms with Gasteiger partial charge in [-0.05, 0) is 58.9 Å². The number of hydrogen-bond acceptors (Lipinski definition) is 4. The average Bonchev–Trinajstić information content (AvgIpc) is 3.40. The lowest BCUT2D eigenvalue weighted by atomic mass is 10.1. The van der Waals surface area contributed by atoms with Crippen LogP contribution in [-0.2, 0) is 0 Å². The third-order valence-electron chi connectivity index (χ3n) is 5.52. The summed E-state index contributed by atoms with van der Waals surface area (Å²) in [4.78, 5) is 20.3. The molecule has 0 atom stereocenters. The second kappa shape index (κ2) is 8.34. The number of fused-ring (bicyclic) bond motifs is 1. The van der Waals surface area contributed by atoms with Crippen LogP contribution in [-0.4, -0.2) is 48.4 Å². The van der Waals surface area contributed by atoms with E-state index >= 15 is 0 Å². The molecular formula is C24H28N6O. The van der Waals surface area contributed by atoms with Crippen molar-refractivity contribution < 1.29 is 4.79 Å². The molecule has 0 aliphatic carbocycles. The number of pyridine rings is 1. The van der Waals surface area contributed by atoms with Crippen LogP contribution in [0, 0.1) is 6.92 Å². The Morgan fingerprint density at radius 1 is 1.10 bits per heavy atom. The molecule has 0 aliphatic rings. The standard InChI is InChI=1S/C24H28N6O/c1-6-28(7-2)24(31)19-15-20(21-13-14-25-29(21)16(3)4)26-23-22(19)17(5)27-30(23)18-11-9-8-10-12-18/h8-16H,6-7H2,1-5H3. The van der Waals surface area contributed by atoms with Crippen LogP contribution in [0.1, 0.15) is 49.8 Å². The van der Waals surface area contributed by atoms with Crippen molar-refractivity contribution in [3.8, 4) is 17.1 Å². The predicted octanol–water partition coefficient (Wildman–Crippen LogP) is 4.66. The smallest absolute Gasteiger partial charge is 0.254 e. The highest BCUT2D eigenvalue weighted by molar-refractivity contribution is 6.07. The van der Waals surface area contributed by atoms with Gasteiger partial charge in [0.05, 0.1) is 33.7 Å². The van der Waals surface area contributed by atoms with Gasteiger partial charge in [0.15, 0.2) is 5.65 Å². The van der Waals surface area contributed by atoms with Crippen LogP contribution in [0.15, 0.2) is 48.7 Å². The number of carbonyl (C=O) groups is 1. The van der Waals surface area contributed by atoms with E-state index in [0.717, 1.165) is 22.5 Å². The molecule has 160 valence electrons. The molecule has 1 amide bonds. The minimum absolute atomic E-state index is 0.00928. The Morgan fingerprint density at radius 2 is 1.81 bits per heavy atom. The Morgan fingerprint density at radius 3 is 2.45 bits per heavy atom. The third kappa shape index (κ3) is 3.60. The number of para-hydroxylation sites is 1. The van der Waals surface area contributed by atoms with Crippen LogP contribution in [0.2, 0.25) is 0 Å². The van der Waals surface area contributed by atoms with Crippen molar-refractivity contribution in [1.82, 2.24) is 29.4 Å². The molecule has 7 heteroatoms. The molecule has 0 spiro atoms. The molecule has 4 aromatic rings. The quantitative estimate of drug-likeness (QED) is 0.459. The van der Waals surface area contributed by atoms with Gasteiger partial charge in [0.2, 0.25) is 0 Å². The first-order chi connectivity index (χ1) is 15.0. The Labute approximate surface area is 182 Å². The molecule has 0 N–H and O–H groups in total. The molecule has 31 heavy (non-hydrogen) atoms. The maximum atomic E-state index is 13.5. The van der Waals surface area contributed by atoms with E-state index in [9.17, 15) is 4.79 Å². The predicted molar refractivity (Wildman–Crippen MR) is 122 cm³/mol. The lowest BCUT2D eigenvalue weighted by Crippen LogP contribution is -2.30. The van der Waals surface area contributed by atoms with E-state index in [2.05, 4.69) is 18.9 Å². The molecule has 0 aliphatic heterocycles. The molecule has 3 aromatic heterocycles. The Hall–Kier alpha value is -3.48. The van der Waals surface area contributed by atoms with Crippen molar-refractivity contribution in [2.75, 3.05) is 13.1 Å². The number of aromatic nitrogens is 5. The summed E-state index contributed by atoms with van der Waals surface area (Å²) in [5.74, 6) is -0.00928. The number of amides is 1. The van der Waals surface area contributed by atoms with Crippen molar-refractivity contribution in [2.24, 2.45) is 0 Å². The molecule has 0 unspecified atom stereocenters.